The van der Waals surface area contributed by atoms with Gasteiger partial charge in [-0.15, -0.1) is 0 Å². The quantitative estimate of drug-likeness (QED) is 0.389. The van der Waals surface area contributed by atoms with Crippen LogP contribution in [0.2, 0.25) is 0 Å². The summed E-state index contributed by atoms with van der Waals surface area (Å²) in [7, 11) is 0. The predicted molar refractivity (Wildman–Crippen MR) is 83.0 cm³/mol. The minimum Gasteiger partial charge on any atom is -0.505 e. The molecular weight excluding hydrogens is 303 g/mol. The highest BCUT2D eigenvalue weighted by Crippen LogP contribution is 2.28. The van der Waals surface area contributed by atoms with E-state index in [0.717, 1.165) is 5.01 Å². The van der Waals surface area contributed by atoms with Gasteiger partial charge in [-0.05, 0) is 25.1 Å². The number of para-hydroxylation sites is 1. The number of hydrogen-bond donors (Lipinski definition) is 4. The highest BCUT2D eigenvalue weighted by atomic mass is 19.1. The van der Waals surface area contributed by atoms with Gasteiger partial charge in [0, 0.05) is 11.1 Å². The Kier molecular flexibility index (Phi) is 4.99. The SMILES string of the molecule is Cc1c(OCc2ccccc2N(N)C(=O)NN)ccc(O)c1F. The molecule has 0 unspecified atom stereocenters. The molecule has 0 heterocycles. The largest absolute Gasteiger partial charge is 0.505 e. The van der Waals surface area contributed by atoms with Gasteiger partial charge in [0.15, 0.2) is 11.6 Å². The number of hydrogen-bond acceptors (Lipinski definition) is 5. The van der Waals surface area contributed by atoms with Crippen LogP contribution in [0.4, 0.5) is 14.9 Å². The van der Waals surface area contributed by atoms with Crippen molar-refractivity contribution in [2.45, 2.75) is 13.5 Å². The van der Waals surface area contributed by atoms with Gasteiger partial charge in [-0.3, -0.25) is 5.43 Å². The molecule has 0 saturated carbocycles. The van der Waals surface area contributed by atoms with Crippen LogP contribution < -0.4 is 26.9 Å². The number of phenols is 1. The number of phenolic OH excluding ortho intramolecular Hbond substituents is 1. The number of benzene rings is 2. The number of nitrogens with one attached hydrogen (secondary N) is 1. The molecule has 2 aromatic carbocycles. The molecule has 0 aliphatic rings. The average Bonchev–Trinajstić information content (AvgIpc) is 2.58. The van der Waals surface area contributed by atoms with Crippen LogP contribution in [0.25, 0.3) is 0 Å². The third kappa shape index (κ3) is 3.50. The van der Waals surface area contributed by atoms with Crippen LogP contribution in [0.5, 0.6) is 11.5 Å². The first-order valence-electron chi connectivity index (χ1n) is 6.70. The van der Waals surface area contributed by atoms with Crippen molar-refractivity contribution in [3.8, 4) is 11.5 Å². The van der Waals surface area contributed by atoms with Gasteiger partial charge in [0.25, 0.3) is 0 Å². The Morgan fingerprint density at radius 3 is 2.74 bits per heavy atom. The first-order valence-corrected chi connectivity index (χ1v) is 6.70. The number of amides is 2. The second kappa shape index (κ2) is 6.95. The summed E-state index contributed by atoms with van der Waals surface area (Å²) in [6.07, 6.45) is 0. The number of aromatic hydroxyl groups is 1. The lowest BCUT2D eigenvalue weighted by molar-refractivity contribution is 0.246. The number of ether oxygens (including phenoxy) is 1. The molecule has 23 heavy (non-hydrogen) atoms. The van der Waals surface area contributed by atoms with Gasteiger partial charge in [0.05, 0.1) is 5.69 Å². The molecule has 7 nitrogen and oxygen atoms in total. The lowest BCUT2D eigenvalue weighted by Crippen LogP contribution is -2.48. The van der Waals surface area contributed by atoms with E-state index < -0.39 is 17.6 Å². The molecule has 6 N–H and O–H groups in total. The van der Waals surface area contributed by atoms with E-state index in [1.54, 1.807) is 24.3 Å². The molecule has 0 saturated heterocycles. The molecule has 2 aromatic rings. The fourth-order valence-electron chi connectivity index (χ4n) is 2.01. The molecule has 8 heteroatoms. The maximum absolute atomic E-state index is 13.7. The summed E-state index contributed by atoms with van der Waals surface area (Å²) in [6.45, 7) is 1.54. The normalized spacial score (nSPS) is 10.3. The second-order valence-corrected chi connectivity index (χ2v) is 4.76. The van der Waals surface area contributed by atoms with E-state index in [2.05, 4.69) is 0 Å². The average molecular weight is 320 g/mol. The maximum atomic E-state index is 13.7. The van der Waals surface area contributed by atoms with Gasteiger partial charge in [-0.25, -0.2) is 25.9 Å². The van der Waals surface area contributed by atoms with Gasteiger partial charge in [0.1, 0.15) is 12.4 Å². The molecule has 2 amide bonds. The third-order valence-electron chi connectivity index (χ3n) is 3.29. The molecule has 122 valence electrons. The van der Waals surface area contributed by atoms with Crippen LogP contribution in [0.15, 0.2) is 36.4 Å². The van der Waals surface area contributed by atoms with Gasteiger partial charge >= 0.3 is 6.03 Å². The summed E-state index contributed by atoms with van der Waals surface area (Å²) in [6, 6.07) is 8.77. The maximum Gasteiger partial charge on any atom is 0.350 e. The summed E-state index contributed by atoms with van der Waals surface area (Å²) in [5, 5.41) is 10.2. The van der Waals surface area contributed by atoms with Crippen molar-refractivity contribution >= 4 is 11.7 Å². The van der Waals surface area contributed by atoms with Crippen molar-refractivity contribution in [1.29, 1.82) is 0 Å². The lowest BCUT2D eigenvalue weighted by atomic mass is 10.1. The fraction of sp³-hybridized carbons (Fsp3) is 0.133. The Hall–Kier alpha value is -2.84. The second-order valence-electron chi connectivity index (χ2n) is 4.76. The molecule has 0 aliphatic carbocycles. The Morgan fingerprint density at radius 1 is 1.35 bits per heavy atom. The Morgan fingerprint density at radius 2 is 2.04 bits per heavy atom. The van der Waals surface area contributed by atoms with Crippen LogP contribution in [-0.2, 0) is 6.61 Å². The van der Waals surface area contributed by atoms with E-state index in [4.69, 9.17) is 16.4 Å². The highest BCUT2D eigenvalue weighted by molar-refractivity contribution is 5.91. The van der Waals surface area contributed by atoms with E-state index in [1.165, 1.54) is 19.1 Å². The number of anilines is 1. The number of hydrazine groups is 2. The molecule has 0 aliphatic heterocycles. The summed E-state index contributed by atoms with van der Waals surface area (Å²) in [4.78, 5) is 11.5. The van der Waals surface area contributed by atoms with Gasteiger partial charge in [-0.1, -0.05) is 18.2 Å². The summed E-state index contributed by atoms with van der Waals surface area (Å²) < 4.78 is 19.2. The first-order chi connectivity index (χ1) is 11.0. The molecule has 0 fully saturated rings. The Labute approximate surface area is 132 Å². The van der Waals surface area contributed by atoms with Crippen molar-refractivity contribution in [2.24, 2.45) is 11.7 Å². The number of urea groups is 1. The molecule has 0 spiro atoms. The van der Waals surface area contributed by atoms with Crippen molar-refractivity contribution in [3.63, 3.8) is 0 Å². The van der Waals surface area contributed by atoms with Crippen molar-refractivity contribution in [3.05, 3.63) is 53.3 Å². The minimum atomic E-state index is -0.737. The minimum absolute atomic E-state index is 0.0484. The number of halogens is 1. The zero-order chi connectivity index (χ0) is 17.0. The number of nitrogens with zero attached hydrogens (tertiary/aromatic N) is 1. The monoisotopic (exact) mass is 320 g/mol. The van der Waals surface area contributed by atoms with E-state index in [-0.39, 0.29) is 17.9 Å². The Bertz CT molecular complexity index is 724. The van der Waals surface area contributed by atoms with E-state index in [1.807, 2.05) is 5.43 Å². The molecule has 0 radical (unpaired) electrons. The fourth-order valence-corrected chi connectivity index (χ4v) is 2.01. The third-order valence-corrected chi connectivity index (χ3v) is 3.29. The standard InChI is InChI=1S/C15H17FN4O3/c1-9-13(7-6-12(21)14(9)16)23-8-10-4-2-3-5-11(10)20(18)15(22)19-17/h2-7,21H,8,17-18H2,1H3,(H,19,22). The Balaban J connectivity index is 2.22. The first kappa shape index (κ1) is 16.5. The molecule has 0 bridgehead atoms. The van der Waals surface area contributed by atoms with E-state index in [0.29, 0.717) is 11.3 Å². The highest BCUT2D eigenvalue weighted by Gasteiger charge is 2.15. The molecule has 2 rings (SSSR count). The number of nitrogens with two attached hydrogens (primary N) is 2. The van der Waals surface area contributed by atoms with Crippen LogP contribution in [0, 0.1) is 12.7 Å². The topological polar surface area (TPSA) is 114 Å². The predicted octanol–water partition coefficient (Wildman–Crippen LogP) is 1.68. The smallest absolute Gasteiger partial charge is 0.350 e. The van der Waals surface area contributed by atoms with Crippen LogP contribution in [0.1, 0.15) is 11.1 Å². The molecular formula is C15H17FN4O3. The van der Waals surface area contributed by atoms with Crippen molar-refractivity contribution in [2.75, 3.05) is 5.01 Å². The van der Waals surface area contributed by atoms with Crippen LogP contribution in [-0.4, -0.2) is 11.1 Å². The van der Waals surface area contributed by atoms with Gasteiger partial charge < -0.3 is 9.84 Å². The van der Waals surface area contributed by atoms with Gasteiger partial charge in [0.2, 0.25) is 0 Å². The number of carbonyl (C=O) groups excluding carboxylic acids is 1. The van der Waals surface area contributed by atoms with Crippen molar-refractivity contribution in [1.82, 2.24) is 5.43 Å². The summed E-state index contributed by atoms with van der Waals surface area (Å²) >= 11 is 0. The zero-order valence-corrected chi connectivity index (χ0v) is 12.4. The summed E-state index contributed by atoms with van der Waals surface area (Å²) in [5.41, 5.74) is 3.12. The summed E-state index contributed by atoms with van der Waals surface area (Å²) in [5.74, 6) is 9.84. The zero-order valence-electron chi connectivity index (χ0n) is 12.4. The van der Waals surface area contributed by atoms with Gasteiger partial charge in [-0.2, -0.15) is 0 Å². The van der Waals surface area contributed by atoms with Crippen LogP contribution >= 0.6 is 0 Å². The molecule has 0 aromatic heterocycles. The van der Waals surface area contributed by atoms with Crippen molar-refractivity contribution < 1.29 is 19.0 Å². The lowest BCUT2D eigenvalue weighted by Gasteiger charge is -2.19. The molecule has 0 atom stereocenters. The van der Waals surface area contributed by atoms with E-state index in [9.17, 15) is 14.3 Å². The number of rotatable bonds is 4. The van der Waals surface area contributed by atoms with Crippen LogP contribution in [0.3, 0.4) is 0 Å². The van der Waals surface area contributed by atoms with E-state index >= 15 is 0 Å². The number of carbonyl (C=O) groups is 1.